The number of rotatable bonds is 2. The molecular formula is C16H15ClN4O2. The number of nitrogens with zero attached hydrogens (tertiary/aromatic N) is 3. The van der Waals surface area contributed by atoms with Crippen molar-refractivity contribution in [2.45, 2.75) is 6.92 Å². The molecule has 0 saturated carbocycles. The van der Waals surface area contributed by atoms with Crippen molar-refractivity contribution in [1.82, 2.24) is 14.1 Å². The number of halogens is 1. The highest BCUT2D eigenvalue weighted by Crippen LogP contribution is 2.26. The molecule has 0 amide bonds. The van der Waals surface area contributed by atoms with Crippen molar-refractivity contribution >= 4 is 34.0 Å². The summed E-state index contributed by atoms with van der Waals surface area (Å²) in [4.78, 5) is 28.7. The third-order valence-electron chi connectivity index (χ3n) is 3.81. The van der Waals surface area contributed by atoms with Crippen molar-refractivity contribution in [3.63, 3.8) is 0 Å². The van der Waals surface area contributed by atoms with Gasteiger partial charge < -0.3 is 5.32 Å². The first kappa shape index (κ1) is 15.3. The van der Waals surface area contributed by atoms with Gasteiger partial charge in [-0.15, -0.1) is 0 Å². The Kier molecular flexibility index (Phi) is 3.69. The van der Waals surface area contributed by atoms with Gasteiger partial charge in [-0.2, -0.15) is 0 Å². The molecule has 6 nitrogen and oxygen atoms in total. The molecule has 1 N–H and O–H groups in total. The highest BCUT2D eigenvalue weighted by Gasteiger charge is 2.14. The number of anilines is 2. The number of hydrogen-bond acceptors (Lipinski definition) is 4. The van der Waals surface area contributed by atoms with E-state index in [0.29, 0.717) is 21.7 Å². The van der Waals surface area contributed by atoms with E-state index in [2.05, 4.69) is 10.3 Å². The molecule has 118 valence electrons. The Hall–Kier alpha value is -2.60. The van der Waals surface area contributed by atoms with Crippen LogP contribution in [0, 0.1) is 6.92 Å². The molecule has 0 aliphatic carbocycles. The van der Waals surface area contributed by atoms with Crippen LogP contribution in [0.4, 0.5) is 11.4 Å². The molecule has 0 aliphatic rings. The smallest absolute Gasteiger partial charge is 0.332 e. The molecule has 1 aromatic carbocycles. The molecule has 0 radical (unpaired) electrons. The van der Waals surface area contributed by atoms with Gasteiger partial charge in [0.2, 0.25) is 0 Å². The summed E-state index contributed by atoms with van der Waals surface area (Å²) in [5, 5.41) is 4.17. The molecule has 23 heavy (non-hydrogen) atoms. The maximum atomic E-state index is 12.5. The largest absolute Gasteiger partial charge is 0.354 e. The Morgan fingerprint density at radius 3 is 2.57 bits per heavy atom. The number of hydrogen-bond donors (Lipinski definition) is 1. The summed E-state index contributed by atoms with van der Waals surface area (Å²) in [5.41, 5.74) is 1.89. The first-order valence-corrected chi connectivity index (χ1v) is 7.36. The van der Waals surface area contributed by atoms with E-state index < -0.39 is 11.2 Å². The second-order valence-electron chi connectivity index (χ2n) is 5.35. The molecule has 2 heterocycles. The normalized spacial score (nSPS) is 11.0. The maximum absolute atomic E-state index is 12.5. The predicted molar refractivity (Wildman–Crippen MR) is 91.7 cm³/mol. The minimum atomic E-state index is -0.411. The molecule has 0 bridgehead atoms. The Morgan fingerprint density at radius 1 is 1.09 bits per heavy atom. The Labute approximate surface area is 137 Å². The maximum Gasteiger partial charge on any atom is 0.332 e. The van der Waals surface area contributed by atoms with Crippen molar-refractivity contribution in [2.75, 3.05) is 5.32 Å². The molecule has 0 aliphatic heterocycles. The van der Waals surface area contributed by atoms with Crippen LogP contribution in [0.1, 0.15) is 5.56 Å². The van der Waals surface area contributed by atoms with E-state index in [1.165, 1.54) is 11.6 Å². The van der Waals surface area contributed by atoms with E-state index in [9.17, 15) is 9.59 Å². The molecular weight excluding hydrogens is 316 g/mol. The van der Waals surface area contributed by atoms with Crippen LogP contribution < -0.4 is 16.6 Å². The topological polar surface area (TPSA) is 68.9 Å². The average molecular weight is 331 g/mol. The van der Waals surface area contributed by atoms with E-state index in [1.54, 1.807) is 31.4 Å². The van der Waals surface area contributed by atoms with Gasteiger partial charge in [0.1, 0.15) is 5.39 Å². The summed E-state index contributed by atoms with van der Waals surface area (Å²) in [6.45, 7) is 1.94. The lowest BCUT2D eigenvalue weighted by Gasteiger charge is -2.13. The number of aryl methyl sites for hydroxylation is 2. The second kappa shape index (κ2) is 5.55. The lowest BCUT2D eigenvalue weighted by Crippen LogP contribution is -2.37. The van der Waals surface area contributed by atoms with Gasteiger partial charge >= 0.3 is 5.69 Å². The van der Waals surface area contributed by atoms with Crippen LogP contribution in [0.25, 0.3) is 11.0 Å². The molecule has 0 saturated heterocycles. The highest BCUT2D eigenvalue weighted by atomic mass is 35.5. The fraction of sp³-hybridized carbons (Fsp3) is 0.188. The first-order valence-electron chi connectivity index (χ1n) is 6.98. The van der Waals surface area contributed by atoms with Gasteiger partial charge in [-0.3, -0.25) is 13.9 Å². The zero-order valence-electron chi connectivity index (χ0n) is 12.9. The van der Waals surface area contributed by atoms with E-state index in [0.717, 1.165) is 15.8 Å². The quantitative estimate of drug-likeness (QED) is 0.783. The van der Waals surface area contributed by atoms with Crippen LogP contribution in [-0.4, -0.2) is 14.1 Å². The summed E-state index contributed by atoms with van der Waals surface area (Å²) >= 11 is 6.04. The molecule has 0 fully saturated rings. The molecule has 0 spiro atoms. The third-order valence-corrected chi connectivity index (χ3v) is 4.05. The minimum absolute atomic E-state index is 0.336. The lowest BCUT2D eigenvalue weighted by molar-refractivity contribution is 0.708. The van der Waals surface area contributed by atoms with Gasteiger partial charge in [-0.05, 0) is 30.7 Å². The summed E-state index contributed by atoms with van der Waals surface area (Å²) in [7, 11) is 3.04. The standard InChI is InChI=1S/C16H15ClN4O2/c1-9-4-5-10(17)8-12(9)19-11-6-7-18-14-13(11)15(22)21(3)16(23)20(14)2/h4-8H,1-3H3,(H,18,19). The van der Waals surface area contributed by atoms with E-state index in [-0.39, 0.29) is 0 Å². The Balaban J connectivity index is 2.29. The van der Waals surface area contributed by atoms with Crippen LogP contribution in [0.3, 0.4) is 0 Å². The Morgan fingerprint density at radius 2 is 1.83 bits per heavy atom. The molecule has 2 aromatic heterocycles. The SMILES string of the molecule is Cc1ccc(Cl)cc1Nc1ccnc2c1c(=O)n(C)c(=O)n2C. The first-order chi connectivity index (χ1) is 10.9. The fourth-order valence-corrected chi connectivity index (χ4v) is 2.64. The van der Waals surface area contributed by atoms with E-state index >= 15 is 0 Å². The third kappa shape index (κ3) is 2.51. The summed E-state index contributed by atoms with van der Waals surface area (Å²) in [6.07, 6.45) is 1.56. The minimum Gasteiger partial charge on any atom is -0.354 e. The summed E-state index contributed by atoms with van der Waals surface area (Å²) in [6, 6.07) is 7.18. The van der Waals surface area contributed by atoms with Crippen LogP contribution in [0.2, 0.25) is 5.02 Å². The number of aromatic nitrogens is 3. The van der Waals surface area contributed by atoms with Crippen LogP contribution in [0.5, 0.6) is 0 Å². The molecule has 3 rings (SSSR count). The monoisotopic (exact) mass is 330 g/mol. The molecule has 3 aromatic rings. The van der Waals surface area contributed by atoms with Gasteiger partial charge in [-0.25, -0.2) is 9.78 Å². The zero-order valence-corrected chi connectivity index (χ0v) is 13.7. The molecule has 7 heteroatoms. The van der Waals surface area contributed by atoms with Crippen molar-refractivity contribution in [1.29, 1.82) is 0 Å². The number of nitrogens with one attached hydrogen (secondary N) is 1. The summed E-state index contributed by atoms with van der Waals surface area (Å²) < 4.78 is 2.42. The van der Waals surface area contributed by atoms with Crippen molar-refractivity contribution < 1.29 is 0 Å². The van der Waals surface area contributed by atoms with Crippen LogP contribution >= 0.6 is 11.6 Å². The summed E-state index contributed by atoms with van der Waals surface area (Å²) in [5.74, 6) is 0. The lowest BCUT2D eigenvalue weighted by atomic mass is 10.2. The fourth-order valence-electron chi connectivity index (χ4n) is 2.46. The number of pyridine rings is 1. The van der Waals surface area contributed by atoms with Gasteiger partial charge in [-0.1, -0.05) is 17.7 Å². The van der Waals surface area contributed by atoms with E-state index in [4.69, 9.17) is 11.6 Å². The van der Waals surface area contributed by atoms with Crippen molar-refractivity contribution in [2.24, 2.45) is 14.1 Å². The van der Waals surface area contributed by atoms with Crippen LogP contribution in [-0.2, 0) is 14.1 Å². The average Bonchev–Trinajstić information content (AvgIpc) is 2.54. The van der Waals surface area contributed by atoms with Gasteiger partial charge in [0.15, 0.2) is 5.65 Å². The van der Waals surface area contributed by atoms with Crippen molar-refractivity contribution in [3.8, 4) is 0 Å². The van der Waals surface area contributed by atoms with Crippen molar-refractivity contribution in [3.05, 3.63) is 61.9 Å². The van der Waals surface area contributed by atoms with Crippen LogP contribution in [0.15, 0.2) is 40.1 Å². The Bertz CT molecular complexity index is 1040. The van der Waals surface area contributed by atoms with Gasteiger partial charge in [0.25, 0.3) is 5.56 Å². The van der Waals surface area contributed by atoms with Gasteiger partial charge in [0, 0.05) is 31.0 Å². The van der Waals surface area contributed by atoms with Gasteiger partial charge in [0.05, 0.1) is 5.69 Å². The highest BCUT2D eigenvalue weighted by molar-refractivity contribution is 6.30. The van der Waals surface area contributed by atoms with E-state index in [1.807, 2.05) is 13.0 Å². The molecule has 0 atom stereocenters. The molecule has 0 unspecified atom stereocenters. The number of benzene rings is 1. The second-order valence-corrected chi connectivity index (χ2v) is 5.78. The predicted octanol–water partition coefficient (Wildman–Crippen LogP) is 2.34. The zero-order chi connectivity index (χ0) is 16.7. The number of fused-ring (bicyclic) bond motifs is 1.